The summed E-state index contributed by atoms with van der Waals surface area (Å²) in [5.41, 5.74) is 12.8. The predicted octanol–water partition coefficient (Wildman–Crippen LogP) is 13.3. The Kier molecular flexibility index (Phi) is 5.95. The minimum Gasteiger partial charge on any atom is -0.456 e. The molecule has 0 saturated heterocycles. The van der Waals surface area contributed by atoms with Crippen molar-refractivity contribution >= 4 is 60.5 Å². The molecule has 2 heteroatoms. The minimum atomic E-state index is -0.133. The molecule has 0 N–H and O–H groups in total. The molecule has 0 bridgehead atoms. The quantitative estimate of drug-likeness (QED) is 0.181. The molecule has 9 aromatic rings. The lowest BCUT2D eigenvalue weighted by atomic mass is 9.82. The Morgan fingerprint density at radius 2 is 1.00 bits per heavy atom. The van der Waals surface area contributed by atoms with E-state index in [0.29, 0.717) is 0 Å². The first-order chi connectivity index (χ1) is 24.1. The Labute approximate surface area is 285 Å². The summed E-state index contributed by atoms with van der Waals surface area (Å²) in [5.74, 6) is 0. The second kappa shape index (κ2) is 10.4. The molecule has 0 unspecified atom stereocenters. The zero-order chi connectivity index (χ0) is 32.7. The average molecular weight is 628 g/mol. The minimum absolute atomic E-state index is 0.133. The van der Waals surface area contributed by atoms with Gasteiger partial charge >= 0.3 is 0 Å². The monoisotopic (exact) mass is 627 g/mol. The summed E-state index contributed by atoms with van der Waals surface area (Å²) in [7, 11) is 0. The van der Waals surface area contributed by atoms with Gasteiger partial charge in [-0.15, -0.1) is 0 Å². The van der Waals surface area contributed by atoms with Gasteiger partial charge in [-0.2, -0.15) is 0 Å². The number of fused-ring (bicyclic) bond motifs is 9. The smallest absolute Gasteiger partial charge is 0.135 e. The van der Waals surface area contributed by atoms with Crippen LogP contribution in [0.5, 0.6) is 0 Å². The van der Waals surface area contributed by atoms with Crippen molar-refractivity contribution in [1.29, 1.82) is 0 Å². The summed E-state index contributed by atoms with van der Waals surface area (Å²) in [4.78, 5) is 2.50. The summed E-state index contributed by atoms with van der Waals surface area (Å²) in [5, 5.41) is 7.16. The second-order valence-corrected chi connectivity index (χ2v) is 13.7. The Hall–Kier alpha value is -6.12. The van der Waals surface area contributed by atoms with Crippen LogP contribution in [-0.4, -0.2) is 0 Å². The van der Waals surface area contributed by atoms with Crippen molar-refractivity contribution in [2.45, 2.75) is 19.3 Å². The molecule has 10 rings (SSSR count). The highest BCUT2D eigenvalue weighted by Gasteiger charge is 2.36. The van der Waals surface area contributed by atoms with E-state index in [9.17, 15) is 0 Å². The van der Waals surface area contributed by atoms with Crippen LogP contribution in [0.3, 0.4) is 0 Å². The zero-order valence-electron chi connectivity index (χ0n) is 27.4. The largest absolute Gasteiger partial charge is 0.456 e. The molecular formula is C47H33NO. The van der Waals surface area contributed by atoms with E-state index in [1.54, 1.807) is 0 Å². The average Bonchev–Trinajstić information content (AvgIpc) is 3.63. The van der Waals surface area contributed by atoms with Gasteiger partial charge in [0.15, 0.2) is 0 Å². The normalized spacial score (nSPS) is 13.3. The van der Waals surface area contributed by atoms with Crippen LogP contribution in [0.25, 0.3) is 65.7 Å². The number of furan rings is 1. The Morgan fingerprint density at radius 3 is 1.82 bits per heavy atom. The first-order valence-electron chi connectivity index (χ1n) is 17.0. The van der Waals surface area contributed by atoms with Crippen molar-refractivity contribution in [3.8, 4) is 22.3 Å². The topological polar surface area (TPSA) is 16.4 Å². The lowest BCUT2D eigenvalue weighted by molar-refractivity contribution is 0.660. The van der Waals surface area contributed by atoms with Crippen molar-refractivity contribution < 1.29 is 4.42 Å². The highest BCUT2D eigenvalue weighted by molar-refractivity contribution is 6.22. The van der Waals surface area contributed by atoms with Gasteiger partial charge in [-0.25, -0.2) is 0 Å². The second-order valence-electron chi connectivity index (χ2n) is 13.7. The molecule has 0 fully saturated rings. The van der Waals surface area contributed by atoms with Crippen LogP contribution < -0.4 is 4.90 Å². The van der Waals surface area contributed by atoms with Crippen molar-refractivity contribution in [2.75, 3.05) is 4.90 Å². The maximum Gasteiger partial charge on any atom is 0.135 e. The zero-order valence-corrected chi connectivity index (χ0v) is 27.4. The van der Waals surface area contributed by atoms with Crippen LogP contribution in [0.1, 0.15) is 25.0 Å². The van der Waals surface area contributed by atoms with E-state index < -0.39 is 0 Å². The number of nitrogens with zero attached hydrogens (tertiary/aromatic N) is 1. The molecule has 0 aliphatic heterocycles. The fourth-order valence-corrected chi connectivity index (χ4v) is 8.34. The third-order valence-corrected chi connectivity index (χ3v) is 10.6. The van der Waals surface area contributed by atoms with E-state index in [2.05, 4.69) is 176 Å². The van der Waals surface area contributed by atoms with Gasteiger partial charge in [-0.05, 0) is 80.4 Å². The first-order valence-corrected chi connectivity index (χ1v) is 17.0. The number of anilines is 3. The number of rotatable bonds is 4. The van der Waals surface area contributed by atoms with Crippen LogP contribution in [0.2, 0.25) is 0 Å². The van der Waals surface area contributed by atoms with Gasteiger partial charge in [-0.1, -0.05) is 141 Å². The molecule has 1 aromatic heterocycles. The number of hydrogen-bond donors (Lipinski definition) is 0. The van der Waals surface area contributed by atoms with Gasteiger partial charge in [0, 0.05) is 38.5 Å². The van der Waals surface area contributed by atoms with E-state index in [0.717, 1.165) is 33.3 Å². The summed E-state index contributed by atoms with van der Waals surface area (Å²) in [6.45, 7) is 4.71. The van der Waals surface area contributed by atoms with Gasteiger partial charge in [0.1, 0.15) is 11.2 Å². The summed E-state index contributed by atoms with van der Waals surface area (Å²) < 4.78 is 6.32. The highest BCUT2D eigenvalue weighted by atomic mass is 16.3. The standard InChI is InChI=1S/C47H33NO/c1-47(2)41-22-12-10-18-35(41)36-26-24-32(29-42(36)47)48(31-25-27-44-40(28-31)37-19-11-13-23-43(37)49-44)46-39-21-9-7-17-34(39)33-16-6-8-20-38(33)45(46)30-14-4-3-5-15-30/h3-29H,1-2H3. The molecule has 0 amide bonds. The van der Waals surface area contributed by atoms with Gasteiger partial charge < -0.3 is 9.32 Å². The van der Waals surface area contributed by atoms with Crippen LogP contribution in [-0.2, 0) is 5.41 Å². The first kappa shape index (κ1) is 27.9. The van der Waals surface area contributed by atoms with Crippen molar-refractivity contribution in [3.05, 3.63) is 175 Å². The van der Waals surface area contributed by atoms with E-state index in [1.807, 2.05) is 6.07 Å². The van der Waals surface area contributed by atoms with Gasteiger partial charge in [0.05, 0.1) is 5.69 Å². The van der Waals surface area contributed by atoms with Gasteiger partial charge in [0.2, 0.25) is 0 Å². The Bertz CT molecular complexity index is 2750. The summed E-state index contributed by atoms with van der Waals surface area (Å²) in [6, 6.07) is 59.6. The SMILES string of the molecule is CC1(C)c2ccccc2-c2ccc(N(c3ccc4oc5ccccc5c4c3)c3c(-c4ccccc4)c4ccccc4c4ccccc34)cc21. The molecule has 0 spiro atoms. The maximum atomic E-state index is 6.32. The molecule has 8 aromatic carbocycles. The fourth-order valence-electron chi connectivity index (χ4n) is 8.34. The van der Waals surface area contributed by atoms with Crippen LogP contribution in [0, 0.1) is 0 Å². The van der Waals surface area contributed by atoms with E-state index >= 15 is 0 Å². The molecule has 2 nitrogen and oxygen atoms in total. The lowest BCUT2D eigenvalue weighted by Gasteiger charge is -2.32. The molecule has 0 saturated carbocycles. The van der Waals surface area contributed by atoms with Gasteiger partial charge in [-0.3, -0.25) is 0 Å². The number of para-hydroxylation sites is 1. The van der Waals surface area contributed by atoms with Crippen molar-refractivity contribution in [1.82, 2.24) is 0 Å². The highest BCUT2D eigenvalue weighted by Crippen LogP contribution is 2.53. The maximum absolute atomic E-state index is 6.32. The Morgan fingerprint density at radius 1 is 0.429 bits per heavy atom. The summed E-state index contributed by atoms with van der Waals surface area (Å²) in [6.07, 6.45) is 0. The lowest BCUT2D eigenvalue weighted by Crippen LogP contribution is -2.17. The Balaban J connectivity index is 1.35. The number of benzene rings is 8. The molecule has 0 radical (unpaired) electrons. The molecule has 1 aliphatic rings. The molecular weight excluding hydrogens is 595 g/mol. The van der Waals surface area contributed by atoms with E-state index in [1.165, 1.54) is 60.6 Å². The third kappa shape index (κ3) is 4.07. The van der Waals surface area contributed by atoms with Crippen molar-refractivity contribution in [2.24, 2.45) is 0 Å². The molecule has 232 valence electrons. The van der Waals surface area contributed by atoms with Crippen molar-refractivity contribution in [3.63, 3.8) is 0 Å². The summed E-state index contributed by atoms with van der Waals surface area (Å²) >= 11 is 0. The number of hydrogen-bond acceptors (Lipinski definition) is 2. The molecule has 1 heterocycles. The molecule has 0 atom stereocenters. The molecule has 49 heavy (non-hydrogen) atoms. The fraction of sp³-hybridized carbons (Fsp3) is 0.0638. The predicted molar refractivity (Wildman–Crippen MR) is 206 cm³/mol. The molecule has 1 aliphatic carbocycles. The van der Waals surface area contributed by atoms with E-state index in [4.69, 9.17) is 4.42 Å². The van der Waals surface area contributed by atoms with Gasteiger partial charge in [0.25, 0.3) is 0 Å². The third-order valence-electron chi connectivity index (χ3n) is 10.6. The van der Waals surface area contributed by atoms with Crippen LogP contribution >= 0.6 is 0 Å². The van der Waals surface area contributed by atoms with Crippen LogP contribution in [0.15, 0.2) is 168 Å². The van der Waals surface area contributed by atoms with Crippen LogP contribution in [0.4, 0.5) is 17.1 Å². The van der Waals surface area contributed by atoms with E-state index in [-0.39, 0.29) is 5.41 Å².